The van der Waals surface area contributed by atoms with Gasteiger partial charge in [0.05, 0.1) is 4.92 Å². The fraction of sp³-hybridized carbons (Fsp3) is 0.294. The minimum Gasteiger partial charge on any atom is -0.353 e. The molecule has 0 bridgehead atoms. The highest BCUT2D eigenvalue weighted by molar-refractivity contribution is 9.10. The van der Waals surface area contributed by atoms with Gasteiger partial charge < -0.3 is 9.80 Å². The minimum atomic E-state index is -0.437. The zero-order chi connectivity index (χ0) is 18.0. The number of halogens is 1. The molecule has 7 nitrogen and oxygen atoms in total. The molecule has 1 fully saturated rings. The molecule has 0 aliphatic carbocycles. The molecule has 0 spiro atoms. The monoisotopic (exact) mass is 404 g/mol. The number of amides is 1. The van der Waals surface area contributed by atoms with Gasteiger partial charge in [-0.1, -0.05) is 0 Å². The molecule has 0 radical (unpaired) electrons. The summed E-state index contributed by atoms with van der Waals surface area (Å²) < 4.78 is 0.929. The van der Waals surface area contributed by atoms with Crippen LogP contribution in [-0.2, 0) is 0 Å². The molecule has 1 amide bonds. The molecule has 1 aliphatic heterocycles. The lowest BCUT2D eigenvalue weighted by atomic mass is 10.1. The second kappa shape index (κ2) is 7.18. The number of aryl methyl sites for hydroxylation is 1. The van der Waals surface area contributed by atoms with Crippen LogP contribution in [-0.4, -0.2) is 46.9 Å². The van der Waals surface area contributed by atoms with Gasteiger partial charge >= 0.3 is 0 Å². The third kappa shape index (κ3) is 3.79. The van der Waals surface area contributed by atoms with E-state index in [4.69, 9.17) is 0 Å². The van der Waals surface area contributed by atoms with Crippen LogP contribution in [0.2, 0.25) is 0 Å². The summed E-state index contributed by atoms with van der Waals surface area (Å²) >= 11 is 3.37. The van der Waals surface area contributed by atoms with E-state index in [1.807, 2.05) is 12.1 Å². The number of carbonyl (C=O) groups is 1. The first-order valence-corrected chi connectivity index (χ1v) is 8.66. The third-order valence-corrected chi connectivity index (χ3v) is 4.71. The Morgan fingerprint density at radius 3 is 2.48 bits per heavy atom. The molecule has 0 saturated carbocycles. The van der Waals surface area contributed by atoms with Crippen molar-refractivity contribution < 1.29 is 9.72 Å². The van der Waals surface area contributed by atoms with Gasteiger partial charge in [0.25, 0.3) is 11.6 Å². The average Bonchev–Trinajstić information content (AvgIpc) is 2.61. The molecule has 1 aromatic heterocycles. The summed E-state index contributed by atoms with van der Waals surface area (Å²) in [5, 5.41) is 10.9. The smallest absolute Gasteiger partial charge is 0.272 e. The standard InChI is InChI=1S/C17H17BrN4O3/c1-12-10-13(2-4-15(12)22(24)25)17(23)21-8-6-20(7-9-21)16-5-3-14(18)11-19-16/h2-5,10-11H,6-9H2,1H3. The Labute approximate surface area is 153 Å². The number of rotatable bonds is 3. The van der Waals surface area contributed by atoms with Crippen molar-refractivity contribution in [2.75, 3.05) is 31.1 Å². The molecule has 0 atom stereocenters. The van der Waals surface area contributed by atoms with Crippen LogP contribution in [0.15, 0.2) is 41.0 Å². The van der Waals surface area contributed by atoms with Crippen molar-refractivity contribution in [1.82, 2.24) is 9.88 Å². The number of piperazine rings is 1. The molecule has 2 heterocycles. The van der Waals surface area contributed by atoms with E-state index in [1.165, 1.54) is 12.1 Å². The number of benzene rings is 1. The lowest BCUT2D eigenvalue weighted by Crippen LogP contribution is -2.49. The van der Waals surface area contributed by atoms with Gasteiger partial charge in [-0.2, -0.15) is 0 Å². The van der Waals surface area contributed by atoms with Crippen LogP contribution in [0.25, 0.3) is 0 Å². The van der Waals surface area contributed by atoms with Crippen molar-refractivity contribution in [1.29, 1.82) is 0 Å². The highest BCUT2D eigenvalue weighted by Gasteiger charge is 2.24. The summed E-state index contributed by atoms with van der Waals surface area (Å²) in [4.78, 5) is 31.4. The molecule has 1 saturated heterocycles. The van der Waals surface area contributed by atoms with E-state index in [0.717, 1.165) is 10.3 Å². The second-order valence-electron chi connectivity index (χ2n) is 5.87. The SMILES string of the molecule is Cc1cc(C(=O)N2CCN(c3ccc(Br)cn3)CC2)ccc1[N+](=O)[O-]. The molecule has 8 heteroatoms. The molecule has 0 unspecified atom stereocenters. The van der Waals surface area contributed by atoms with Crippen LogP contribution in [0, 0.1) is 17.0 Å². The maximum atomic E-state index is 12.6. The van der Waals surface area contributed by atoms with E-state index in [-0.39, 0.29) is 11.6 Å². The van der Waals surface area contributed by atoms with Crippen molar-refractivity contribution in [2.24, 2.45) is 0 Å². The van der Waals surface area contributed by atoms with Crippen molar-refractivity contribution in [3.8, 4) is 0 Å². The van der Waals surface area contributed by atoms with Crippen LogP contribution in [0.4, 0.5) is 11.5 Å². The number of anilines is 1. The number of hydrogen-bond donors (Lipinski definition) is 0. The first-order chi connectivity index (χ1) is 12.0. The number of aromatic nitrogens is 1. The van der Waals surface area contributed by atoms with Crippen LogP contribution in [0.1, 0.15) is 15.9 Å². The molecule has 2 aromatic rings. The fourth-order valence-electron chi connectivity index (χ4n) is 2.87. The summed E-state index contributed by atoms with van der Waals surface area (Å²) in [7, 11) is 0. The zero-order valence-corrected chi connectivity index (χ0v) is 15.3. The van der Waals surface area contributed by atoms with E-state index < -0.39 is 4.92 Å². The van der Waals surface area contributed by atoms with E-state index in [0.29, 0.717) is 37.3 Å². The Kier molecular flexibility index (Phi) is 4.98. The number of pyridine rings is 1. The van der Waals surface area contributed by atoms with Gasteiger partial charge in [-0.25, -0.2) is 4.98 Å². The highest BCUT2D eigenvalue weighted by Crippen LogP contribution is 2.21. The summed E-state index contributed by atoms with van der Waals surface area (Å²) in [5.41, 5.74) is 1.01. The van der Waals surface area contributed by atoms with Gasteiger partial charge in [0, 0.05) is 54.0 Å². The van der Waals surface area contributed by atoms with Gasteiger partial charge in [-0.05, 0) is 47.1 Å². The predicted octanol–water partition coefficient (Wildman–Crippen LogP) is 3.02. The number of nitro benzene ring substituents is 1. The Morgan fingerprint density at radius 1 is 1.20 bits per heavy atom. The van der Waals surface area contributed by atoms with E-state index >= 15 is 0 Å². The van der Waals surface area contributed by atoms with Gasteiger partial charge in [-0.3, -0.25) is 14.9 Å². The van der Waals surface area contributed by atoms with E-state index in [2.05, 4.69) is 25.8 Å². The van der Waals surface area contributed by atoms with Gasteiger partial charge in [-0.15, -0.1) is 0 Å². The average molecular weight is 405 g/mol. The largest absolute Gasteiger partial charge is 0.353 e. The van der Waals surface area contributed by atoms with Crippen LogP contribution < -0.4 is 4.90 Å². The summed E-state index contributed by atoms with van der Waals surface area (Å²) in [6, 6.07) is 8.39. The molecule has 25 heavy (non-hydrogen) atoms. The van der Waals surface area contributed by atoms with Gasteiger partial charge in [0.2, 0.25) is 0 Å². The molecule has 1 aromatic carbocycles. The third-order valence-electron chi connectivity index (χ3n) is 4.24. The van der Waals surface area contributed by atoms with Crippen molar-refractivity contribution in [3.05, 3.63) is 62.2 Å². The molecular formula is C17H17BrN4O3. The highest BCUT2D eigenvalue weighted by atomic mass is 79.9. The van der Waals surface area contributed by atoms with E-state index in [1.54, 1.807) is 24.1 Å². The Balaban J connectivity index is 1.66. The summed E-state index contributed by atoms with van der Waals surface area (Å²) in [6.45, 7) is 4.23. The number of hydrogen-bond acceptors (Lipinski definition) is 5. The molecule has 0 N–H and O–H groups in total. The number of carbonyl (C=O) groups excluding carboxylic acids is 1. The maximum Gasteiger partial charge on any atom is 0.272 e. The lowest BCUT2D eigenvalue weighted by molar-refractivity contribution is -0.385. The molecule has 1 aliphatic rings. The quantitative estimate of drug-likeness (QED) is 0.580. The molecule has 130 valence electrons. The Bertz CT molecular complexity index is 802. The Hall–Kier alpha value is -2.48. The van der Waals surface area contributed by atoms with Gasteiger partial charge in [0.15, 0.2) is 0 Å². The zero-order valence-electron chi connectivity index (χ0n) is 13.7. The summed E-state index contributed by atoms with van der Waals surface area (Å²) in [6.07, 6.45) is 1.76. The topological polar surface area (TPSA) is 79.6 Å². The number of nitro groups is 1. The summed E-state index contributed by atoms with van der Waals surface area (Å²) in [5.74, 6) is 0.794. The fourth-order valence-corrected chi connectivity index (χ4v) is 3.10. The van der Waals surface area contributed by atoms with Crippen LogP contribution in [0.3, 0.4) is 0 Å². The maximum absolute atomic E-state index is 12.6. The van der Waals surface area contributed by atoms with Gasteiger partial charge in [0.1, 0.15) is 5.82 Å². The van der Waals surface area contributed by atoms with Crippen LogP contribution >= 0.6 is 15.9 Å². The number of nitrogens with zero attached hydrogens (tertiary/aromatic N) is 4. The normalized spacial score (nSPS) is 14.5. The van der Waals surface area contributed by atoms with Crippen molar-refractivity contribution >= 4 is 33.3 Å². The van der Waals surface area contributed by atoms with E-state index in [9.17, 15) is 14.9 Å². The van der Waals surface area contributed by atoms with Crippen molar-refractivity contribution in [2.45, 2.75) is 6.92 Å². The Morgan fingerprint density at radius 2 is 1.92 bits per heavy atom. The predicted molar refractivity (Wildman–Crippen MR) is 97.9 cm³/mol. The minimum absolute atomic E-state index is 0.0303. The first-order valence-electron chi connectivity index (χ1n) is 7.86. The second-order valence-corrected chi connectivity index (χ2v) is 6.79. The van der Waals surface area contributed by atoms with Crippen LogP contribution in [0.5, 0.6) is 0 Å². The first kappa shape index (κ1) is 17.3. The molecule has 3 rings (SSSR count). The molecular weight excluding hydrogens is 388 g/mol. The lowest BCUT2D eigenvalue weighted by Gasteiger charge is -2.35. The van der Waals surface area contributed by atoms with Crippen molar-refractivity contribution in [3.63, 3.8) is 0 Å².